The van der Waals surface area contributed by atoms with E-state index in [1.54, 1.807) is 108 Å². The number of nitrogens with one attached hydrogen (secondary N) is 11. The van der Waals surface area contributed by atoms with E-state index >= 15 is 0 Å². The lowest BCUT2D eigenvalue weighted by Crippen LogP contribution is -2.34. The summed E-state index contributed by atoms with van der Waals surface area (Å²) in [5, 5.41) is 30.1. The van der Waals surface area contributed by atoms with E-state index in [0.717, 1.165) is 153 Å². The predicted octanol–water partition coefficient (Wildman–Crippen LogP) is 12.5. The molecule has 0 unspecified atom stereocenters. The highest BCUT2D eigenvalue weighted by Crippen LogP contribution is 2.36. The number of imidazole rings is 4. The lowest BCUT2D eigenvalue weighted by Gasteiger charge is -2.18. The number of amides is 5. The van der Waals surface area contributed by atoms with Gasteiger partial charge >= 0.3 is 0 Å². The highest BCUT2D eigenvalue weighted by Gasteiger charge is 2.23. The van der Waals surface area contributed by atoms with Gasteiger partial charge < -0.3 is 90.1 Å². The van der Waals surface area contributed by atoms with Gasteiger partial charge in [0.25, 0.3) is 23.6 Å². The molecule has 0 aliphatic carbocycles. The number of aromatic amines is 4. The molecule has 5 amide bonds. The zero-order valence-electron chi connectivity index (χ0n) is 70.4. The Morgan fingerprint density at radius 2 is 0.913 bits per heavy atom. The fraction of sp³-hybridized carbons (Fsp3) is 0.209. The summed E-state index contributed by atoms with van der Waals surface area (Å²) in [4.78, 5) is 133. The van der Waals surface area contributed by atoms with Gasteiger partial charge in [0, 0.05) is 205 Å². The maximum Gasteiger partial charge on any atom is 0.270 e. The molecular weight excluding hydrogens is 1710 g/mol. The van der Waals surface area contributed by atoms with Crippen molar-refractivity contribution >= 4 is 159 Å². The predicted molar refractivity (Wildman–Crippen MR) is 489 cm³/mol. The third-order valence-corrected chi connectivity index (χ3v) is 21.7. The molecule has 126 heavy (non-hydrogen) atoms. The summed E-state index contributed by atoms with van der Waals surface area (Å²) in [5.41, 5.74) is 16.2. The molecule has 642 valence electrons. The lowest BCUT2D eigenvalue weighted by molar-refractivity contribution is -0.118. The van der Waals surface area contributed by atoms with Gasteiger partial charge in [0.15, 0.2) is 0 Å². The van der Waals surface area contributed by atoms with Crippen LogP contribution in [0.2, 0.25) is 5.02 Å². The number of benzene rings is 4. The molecule has 0 bridgehead atoms. The minimum absolute atomic E-state index is 0.0122. The van der Waals surface area contributed by atoms with Crippen LogP contribution in [0.25, 0.3) is 89.2 Å². The van der Waals surface area contributed by atoms with E-state index in [0.29, 0.717) is 70.4 Å². The average molecular weight is 1800 g/mol. The molecule has 1 fully saturated rings. The second kappa shape index (κ2) is 38.2. The zero-order valence-corrected chi connectivity index (χ0v) is 73.5. The molecule has 18 rings (SSSR count). The van der Waals surface area contributed by atoms with Crippen LogP contribution in [0.1, 0.15) is 59.6 Å². The molecule has 1 aliphatic rings. The van der Waals surface area contributed by atoms with Gasteiger partial charge in [0.2, 0.25) is 29.7 Å². The molecule has 40 heteroatoms. The summed E-state index contributed by atoms with van der Waals surface area (Å²) in [6.07, 6.45) is 24.0. The van der Waals surface area contributed by atoms with Gasteiger partial charge in [0.1, 0.15) is 45.6 Å². The molecule has 14 heterocycles. The number of thioether (sulfide) groups is 1. The van der Waals surface area contributed by atoms with E-state index in [1.807, 2.05) is 181 Å². The number of rotatable bonds is 21. The number of carbonyl (C=O) groups excluding carboxylic acids is 5. The monoisotopic (exact) mass is 1790 g/mol. The van der Waals surface area contributed by atoms with E-state index in [1.165, 1.54) is 21.6 Å². The molecule has 1 aliphatic heterocycles. The molecule has 13 aromatic heterocycles. The van der Waals surface area contributed by atoms with Crippen molar-refractivity contribution in [2.45, 2.75) is 24.8 Å². The first-order valence-electron chi connectivity index (χ1n) is 39.6. The number of aryl methyl sites for hydroxylation is 6. The maximum absolute atomic E-state index is 13.0. The summed E-state index contributed by atoms with van der Waals surface area (Å²) in [7, 11) is 17.9. The Hall–Kier alpha value is -15.0. The normalized spacial score (nSPS) is 11.9. The highest BCUT2D eigenvalue weighted by molar-refractivity contribution is 9.10. The van der Waals surface area contributed by atoms with Crippen molar-refractivity contribution in [3.05, 3.63) is 228 Å². The van der Waals surface area contributed by atoms with Gasteiger partial charge in [-0.3, -0.25) is 28.7 Å². The number of aromatic nitrogens is 22. The number of hydrogen-bond acceptors (Lipinski definition) is 24. The molecule has 0 radical (unpaired) electrons. The van der Waals surface area contributed by atoms with Crippen LogP contribution in [0.5, 0.6) is 0 Å². The van der Waals surface area contributed by atoms with E-state index in [4.69, 9.17) is 11.6 Å². The summed E-state index contributed by atoms with van der Waals surface area (Å²) in [6, 6.07) is 31.8. The van der Waals surface area contributed by atoms with E-state index in [2.05, 4.69) is 138 Å². The number of anilines is 8. The van der Waals surface area contributed by atoms with Crippen molar-refractivity contribution in [3.63, 3.8) is 0 Å². The fourth-order valence-electron chi connectivity index (χ4n) is 13.6. The van der Waals surface area contributed by atoms with E-state index in [9.17, 15) is 24.0 Å². The van der Waals surface area contributed by atoms with Crippen molar-refractivity contribution in [2.75, 3.05) is 88.4 Å². The number of nitrogens with zero attached hydrogens (tertiary/aromatic N) is 21. The molecule has 4 aromatic carbocycles. The third-order valence-electron chi connectivity index (χ3n) is 19.7. The van der Waals surface area contributed by atoms with Crippen LogP contribution in [0.15, 0.2) is 194 Å². The molecular formula is C86H88BrClN32O5S. The van der Waals surface area contributed by atoms with E-state index in [-0.39, 0.29) is 35.3 Å². The van der Waals surface area contributed by atoms with Gasteiger partial charge in [-0.15, -0.1) is 11.8 Å². The Bertz CT molecular complexity index is 6860. The van der Waals surface area contributed by atoms with Gasteiger partial charge in [-0.05, 0) is 145 Å². The van der Waals surface area contributed by atoms with Crippen LogP contribution in [-0.2, 0) is 46.6 Å². The lowest BCUT2D eigenvalue weighted by atomic mass is 10.1. The minimum Gasteiger partial charge on any atom is -0.358 e. The Morgan fingerprint density at radius 1 is 0.484 bits per heavy atom. The van der Waals surface area contributed by atoms with Crippen LogP contribution in [-0.4, -0.2) is 219 Å². The summed E-state index contributed by atoms with van der Waals surface area (Å²) in [6.45, 7) is 5.53. The van der Waals surface area contributed by atoms with E-state index < -0.39 is 0 Å². The first-order valence-corrected chi connectivity index (χ1v) is 41.7. The number of halogens is 2. The molecule has 17 aromatic rings. The molecule has 1 saturated heterocycles. The molecule has 0 atom stereocenters. The van der Waals surface area contributed by atoms with Crippen molar-refractivity contribution in [1.29, 1.82) is 0 Å². The van der Waals surface area contributed by atoms with Crippen molar-refractivity contribution < 1.29 is 24.0 Å². The Kier molecular flexibility index (Phi) is 26.1. The molecule has 11 N–H and O–H groups in total. The second-order valence-electron chi connectivity index (χ2n) is 30.0. The Morgan fingerprint density at radius 3 is 1.38 bits per heavy atom. The van der Waals surface area contributed by atoms with Gasteiger partial charge in [-0.2, -0.15) is 5.10 Å². The summed E-state index contributed by atoms with van der Waals surface area (Å²) in [5.74, 6) is 1.55. The molecule has 37 nitrogen and oxygen atoms in total. The maximum atomic E-state index is 13.0. The topological polar surface area (TPSA) is 435 Å². The Labute approximate surface area is 738 Å². The first kappa shape index (κ1) is 86.0. The van der Waals surface area contributed by atoms with Crippen LogP contribution < -0.4 is 37.2 Å². The molecule has 0 saturated carbocycles. The van der Waals surface area contributed by atoms with Gasteiger partial charge in [-0.1, -0.05) is 11.6 Å². The smallest absolute Gasteiger partial charge is 0.270 e. The van der Waals surface area contributed by atoms with Crippen molar-refractivity contribution in [2.24, 2.45) is 35.2 Å². The van der Waals surface area contributed by atoms with Gasteiger partial charge in [-0.25, -0.2) is 59.8 Å². The van der Waals surface area contributed by atoms with Crippen molar-refractivity contribution in [1.82, 2.24) is 138 Å². The summed E-state index contributed by atoms with van der Waals surface area (Å²) >= 11 is 11.5. The number of fused-ring (bicyclic) bond motifs is 4. The highest BCUT2D eigenvalue weighted by atomic mass is 79.9. The largest absolute Gasteiger partial charge is 0.358 e. The average Bonchev–Trinajstić information content (AvgIpc) is 1.65. The van der Waals surface area contributed by atoms with Crippen LogP contribution in [0, 0.1) is 6.92 Å². The molecule has 0 spiro atoms. The quantitative estimate of drug-likeness (QED) is 0.0298. The van der Waals surface area contributed by atoms with Crippen molar-refractivity contribution in [3.8, 4) is 45.6 Å². The van der Waals surface area contributed by atoms with Crippen LogP contribution in [0.4, 0.5) is 46.5 Å². The second-order valence-corrected chi connectivity index (χ2v) is 32.2. The number of carbonyl (C=O) groups is 5. The minimum atomic E-state index is -0.183. The SMILES string of the molecule is CN(C)C(=O)c1cc2cc(Nc3nccc(-c4cn(C)cn4)n3)cc(Br)c2[nH]1.CNC(=O)CSc1cc(Nc2nccc(-c3cn(C)cn3)n2)cc2cc(C(=O)N(C)C)[nH]c12.Cc1cc(Nc2nccc(-c3cn(C)cn3)n2)cc2cc(C(=O)NCc3ccn(C)n3)[nH]c12.Cn1cnc(-c2ccnc(Nc3cc(Cl)c4[nH]c(C(=O)N5CCCNCC5)cc4c3)n2)c1. The number of hydrogen-bond donors (Lipinski definition) is 11. The van der Waals surface area contributed by atoms with Crippen LogP contribution in [0.3, 0.4) is 0 Å². The standard InChI is InChI=1S/C23H23N9O.C22H23ClN8O.C22H24N8O2S.C19H18BrN7O/c1-14-8-17(27-23-24-6-4-18(29-23)20-12-31(2)13-26-20)9-15-10-19(28-21(14)15)22(33)25-11-16-5-7-32(3)30-16;1-30-12-19(26-13-30)17-3-5-25-22(29-17)27-15-9-14-10-18(28-20(14)16(23)11-15)21(32)31-7-2-4-24-6-8-31;1-23-19(31)11-33-18-9-14(7-13-8-16(27-20(13)18)21(32)29(2)3)26-22-24-6-5-15(28-22)17-10-30(4)12-25-17;1-26(2)18(28)15-7-11-6-12(8-13(20)17(11)24-15)23-19-21-5-4-14(25-19)16-9-27(3)10-22-16/h4-10,12-13,28H,11H2,1-3H3,(H,25,33)(H,24,27,29);3,5,9-13,24,28H,2,4,6-8H2,1H3,(H,25,27,29);5-10,12,27H,11H2,1-4H3,(H,23,31)(H,24,26,28);4-10,24H,1-3H3,(H,21,23,25). The zero-order chi connectivity index (χ0) is 88.4. The van der Waals surface area contributed by atoms with Gasteiger partial charge in [0.05, 0.1) is 87.6 Å². The Balaban J connectivity index is 0.000000130. The van der Waals surface area contributed by atoms with Crippen LogP contribution >= 0.6 is 39.3 Å². The third kappa shape index (κ3) is 20.9. The number of H-pyrrole nitrogens is 4. The fourth-order valence-corrected chi connectivity index (χ4v) is 15.4. The first-order chi connectivity index (χ1) is 60.7. The summed E-state index contributed by atoms with van der Waals surface area (Å²) < 4.78 is 10.0.